The van der Waals surface area contributed by atoms with Crippen molar-refractivity contribution < 1.29 is 4.79 Å². The molecule has 6 nitrogen and oxygen atoms in total. The standard InChI is InChI=1S/C25H35N5O/c1-17(31)28-21-7-5-18(6-8-21)23-13-27-24(14-26-23)29-22-11-19-15-30(16-20(19)12-22)10-9-25(2,3)4/h5-8,13-14,19-20,22H,9-12,15-16H2,1-4H3,(H,27,29)(H,28,31)/t19-,20?,22?/m1/s1. The number of hydrogen-bond donors (Lipinski definition) is 2. The molecule has 31 heavy (non-hydrogen) atoms. The van der Waals surface area contributed by atoms with Crippen LogP contribution in [0.4, 0.5) is 11.5 Å². The molecule has 166 valence electrons. The molecule has 2 N–H and O–H groups in total. The number of carbonyl (C=O) groups is 1. The van der Waals surface area contributed by atoms with Crippen LogP contribution in [0.1, 0.15) is 47.0 Å². The number of nitrogens with one attached hydrogen (secondary N) is 2. The quantitative estimate of drug-likeness (QED) is 0.710. The van der Waals surface area contributed by atoms with Crippen molar-refractivity contribution in [2.75, 3.05) is 30.3 Å². The van der Waals surface area contributed by atoms with Crippen LogP contribution in [0, 0.1) is 17.3 Å². The molecule has 2 aromatic rings. The lowest BCUT2D eigenvalue weighted by atomic mass is 9.92. The van der Waals surface area contributed by atoms with E-state index in [2.05, 4.69) is 46.3 Å². The molecule has 1 saturated heterocycles. The molecule has 1 saturated carbocycles. The third-order valence-electron chi connectivity index (χ3n) is 6.51. The van der Waals surface area contributed by atoms with Crippen LogP contribution in [0.15, 0.2) is 36.7 Å². The van der Waals surface area contributed by atoms with Crippen LogP contribution in [-0.2, 0) is 4.79 Å². The third kappa shape index (κ3) is 5.82. The lowest BCUT2D eigenvalue weighted by Crippen LogP contribution is -2.28. The van der Waals surface area contributed by atoms with Gasteiger partial charge in [0.05, 0.1) is 18.1 Å². The molecule has 2 heterocycles. The summed E-state index contributed by atoms with van der Waals surface area (Å²) in [6.07, 6.45) is 7.38. The zero-order valence-corrected chi connectivity index (χ0v) is 19.2. The summed E-state index contributed by atoms with van der Waals surface area (Å²) in [5, 5.41) is 6.39. The number of carbonyl (C=O) groups excluding carboxylic acids is 1. The smallest absolute Gasteiger partial charge is 0.221 e. The molecular weight excluding hydrogens is 386 g/mol. The van der Waals surface area contributed by atoms with Gasteiger partial charge in [0.15, 0.2) is 0 Å². The lowest BCUT2D eigenvalue weighted by Gasteiger charge is -2.24. The molecule has 0 spiro atoms. The first-order chi connectivity index (χ1) is 14.7. The minimum absolute atomic E-state index is 0.0726. The van der Waals surface area contributed by atoms with E-state index in [0.29, 0.717) is 11.5 Å². The number of fused-ring (bicyclic) bond motifs is 1. The largest absolute Gasteiger partial charge is 0.366 e. The average Bonchev–Trinajstić information content (AvgIpc) is 3.25. The topological polar surface area (TPSA) is 70.2 Å². The van der Waals surface area contributed by atoms with Gasteiger partial charge in [-0.1, -0.05) is 32.9 Å². The Hall–Kier alpha value is -2.47. The highest BCUT2D eigenvalue weighted by Crippen LogP contribution is 2.39. The van der Waals surface area contributed by atoms with Crippen LogP contribution in [0.3, 0.4) is 0 Å². The van der Waals surface area contributed by atoms with Gasteiger partial charge in [-0.15, -0.1) is 0 Å². The van der Waals surface area contributed by atoms with E-state index >= 15 is 0 Å². The maximum Gasteiger partial charge on any atom is 0.221 e. The molecule has 1 aromatic carbocycles. The Morgan fingerprint density at radius 2 is 1.74 bits per heavy atom. The summed E-state index contributed by atoms with van der Waals surface area (Å²) in [5.41, 5.74) is 3.02. The number of hydrogen-bond acceptors (Lipinski definition) is 5. The van der Waals surface area contributed by atoms with Crippen LogP contribution >= 0.6 is 0 Å². The third-order valence-corrected chi connectivity index (χ3v) is 6.51. The zero-order chi connectivity index (χ0) is 22.0. The molecule has 3 atom stereocenters. The van der Waals surface area contributed by atoms with Gasteiger partial charge in [0.25, 0.3) is 0 Å². The van der Waals surface area contributed by atoms with E-state index in [1.807, 2.05) is 36.7 Å². The second-order valence-electron chi connectivity index (χ2n) is 10.4. The first-order valence-corrected chi connectivity index (χ1v) is 11.4. The second-order valence-corrected chi connectivity index (χ2v) is 10.4. The van der Waals surface area contributed by atoms with Crippen molar-refractivity contribution in [1.29, 1.82) is 0 Å². The Labute approximate surface area is 185 Å². The summed E-state index contributed by atoms with van der Waals surface area (Å²) in [5.74, 6) is 2.41. The van der Waals surface area contributed by atoms with Crippen LogP contribution in [0.2, 0.25) is 0 Å². The highest BCUT2D eigenvalue weighted by molar-refractivity contribution is 5.88. The molecule has 2 fully saturated rings. The van der Waals surface area contributed by atoms with Crippen molar-refractivity contribution in [2.45, 2.75) is 53.0 Å². The minimum atomic E-state index is -0.0726. The van der Waals surface area contributed by atoms with E-state index in [9.17, 15) is 4.79 Å². The molecule has 4 rings (SSSR count). The fourth-order valence-electron chi connectivity index (χ4n) is 4.88. The number of anilines is 2. The van der Waals surface area contributed by atoms with Crippen molar-refractivity contribution in [3.63, 3.8) is 0 Å². The molecular formula is C25H35N5O. The predicted molar refractivity (Wildman–Crippen MR) is 126 cm³/mol. The minimum Gasteiger partial charge on any atom is -0.366 e. The Morgan fingerprint density at radius 3 is 2.29 bits per heavy atom. The number of aromatic nitrogens is 2. The summed E-state index contributed by atoms with van der Waals surface area (Å²) < 4.78 is 0. The van der Waals surface area contributed by atoms with Crippen molar-refractivity contribution in [3.05, 3.63) is 36.7 Å². The molecule has 1 aliphatic heterocycles. The van der Waals surface area contributed by atoms with Gasteiger partial charge in [-0.05, 0) is 55.2 Å². The van der Waals surface area contributed by atoms with Gasteiger partial charge in [-0.3, -0.25) is 9.78 Å². The molecule has 1 aliphatic carbocycles. The number of nitrogens with zero attached hydrogens (tertiary/aromatic N) is 3. The van der Waals surface area contributed by atoms with E-state index < -0.39 is 0 Å². The monoisotopic (exact) mass is 421 g/mol. The van der Waals surface area contributed by atoms with Gasteiger partial charge < -0.3 is 15.5 Å². The van der Waals surface area contributed by atoms with Crippen LogP contribution in [-0.4, -0.2) is 46.5 Å². The number of likely N-dealkylation sites (tertiary alicyclic amines) is 1. The van der Waals surface area contributed by atoms with Crippen molar-refractivity contribution >= 4 is 17.4 Å². The second kappa shape index (κ2) is 8.95. The summed E-state index contributed by atoms with van der Waals surface area (Å²) in [4.78, 5) is 23.0. The maximum atomic E-state index is 11.1. The maximum absolute atomic E-state index is 11.1. The van der Waals surface area contributed by atoms with Crippen molar-refractivity contribution in [2.24, 2.45) is 17.3 Å². The lowest BCUT2D eigenvalue weighted by molar-refractivity contribution is -0.114. The molecule has 0 radical (unpaired) electrons. The normalized spacial score (nSPS) is 23.5. The summed E-state index contributed by atoms with van der Waals surface area (Å²) in [6, 6.07) is 8.16. The van der Waals surface area contributed by atoms with E-state index in [4.69, 9.17) is 0 Å². The number of rotatable bonds is 6. The molecule has 1 aromatic heterocycles. The number of amides is 1. The van der Waals surface area contributed by atoms with Gasteiger partial charge in [0, 0.05) is 37.3 Å². The van der Waals surface area contributed by atoms with Gasteiger partial charge in [0.2, 0.25) is 5.91 Å². The summed E-state index contributed by atoms with van der Waals surface area (Å²) in [6.45, 7) is 12.2. The fraction of sp³-hybridized carbons (Fsp3) is 0.560. The summed E-state index contributed by atoms with van der Waals surface area (Å²) >= 11 is 0. The van der Waals surface area contributed by atoms with Crippen LogP contribution in [0.5, 0.6) is 0 Å². The highest BCUT2D eigenvalue weighted by Gasteiger charge is 2.40. The fourth-order valence-corrected chi connectivity index (χ4v) is 4.88. The van der Waals surface area contributed by atoms with Gasteiger partial charge in [-0.2, -0.15) is 0 Å². The van der Waals surface area contributed by atoms with Crippen LogP contribution < -0.4 is 10.6 Å². The van der Waals surface area contributed by atoms with Gasteiger partial charge >= 0.3 is 0 Å². The molecule has 1 amide bonds. The molecule has 2 unspecified atom stereocenters. The van der Waals surface area contributed by atoms with Gasteiger partial charge in [-0.25, -0.2) is 4.98 Å². The first-order valence-electron chi connectivity index (χ1n) is 11.4. The van der Waals surface area contributed by atoms with E-state index in [1.165, 1.54) is 45.8 Å². The Balaban J connectivity index is 1.27. The van der Waals surface area contributed by atoms with E-state index in [-0.39, 0.29) is 5.91 Å². The molecule has 2 aliphatic rings. The zero-order valence-electron chi connectivity index (χ0n) is 19.2. The van der Waals surface area contributed by atoms with Crippen molar-refractivity contribution in [3.8, 4) is 11.3 Å². The van der Waals surface area contributed by atoms with E-state index in [0.717, 1.165) is 34.6 Å². The Kier molecular flexibility index (Phi) is 6.28. The van der Waals surface area contributed by atoms with Crippen molar-refractivity contribution in [1.82, 2.24) is 14.9 Å². The Bertz CT molecular complexity index is 874. The SMILES string of the molecule is CC(=O)Nc1ccc(-c2cnc(NC3CC4CN(CCC(C)(C)C)C[C@H]4C3)cn2)cc1. The van der Waals surface area contributed by atoms with E-state index in [1.54, 1.807) is 0 Å². The van der Waals surface area contributed by atoms with Crippen LogP contribution in [0.25, 0.3) is 11.3 Å². The first kappa shape index (κ1) is 21.8. The summed E-state index contributed by atoms with van der Waals surface area (Å²) in [7, 11) is 0. The molecule has 6 heteroatoms. The Morgan fingerprint density at radius 1 is 1.06 bits per heavy atom. The number of benzene rings is 1. The average molecular weight is 422 g/mol. The highest BCUT2D eigenvalue weighted by atomic mass is 16.1. The molecule has 0 bridgehead atoms. The predicted octanol–water partition coefficient (Wildman–Crippen LogP) is 4.66. The van der Waals surface area contributed by atoms with Gasteiger partial charge in [0.1, 0.15) is 5.82 Å².